The molecule has 11 heteroatoms. The summed E-state index contributed by atoms with van der Waals surface area (Å²) in [4.78, 5) is 37.9. The van der Waals surface area contributed by atoms with Crippen LogP contribution < -0.4 is 16.4 Å². The molecular formula is C30H26N8O3. The lowest BCUT2D eigenvalue weighted by Crippen LogP contribution is -2.26. The highest BCUT2D eigenvalue weighted by Gasteiger charge is 2.17. The van der Waals surface area contributed by atoms with Gasteiger partial charge in [-0.05, 0) is 29.7 Å². The number of hydrogen-bond acceptors (Lipinski definition) is 9. The molecule has 4 N–H and O–H groups in total. The summed E-state index contributed by atoms with van der Waals surface area (Å²) in [5.74, 6) is -0.515. The molecule has 0 spiro atoms. The van der Waals surface area contributed by atoms with Crippen LogP contribution in [0.2, 0.25) is 0 Å². The quantitative estimate of drug-likeness (QED) is 0.245. The van der Waals surface area contributed by atoms with Crippen molar-refractivity contribution in [2.24, 2.45) is 0 Å². The molecule has 0 atom stereocenters. The number of hydrogen-bond donors (Lipinski definition) is 3. The molecule has 3 aromatic heterocycles. The summed E-state index contributed by atoms with van der Waals surface area (Å²) in [6, 6.07) is 20.6. The lowest BCUT2D eigenvalue weighted by molar-refractivity contribution is 0.102. The number of benzene rings is 2. The normalized spacial score (nSPS) is 10.5. The van der Waals surface area contributed by atoms with E-state index in [9.17, 15) is 9.59 Å². The lowest BCUT2D eigenvalue weighted by Gasteiger charge is -2.12. The number of alkyl carbamates (subject to hydrolysis) is 1. The van der Waals surface area contributed by atoms with Crippen LogP contribution in [0.15, 0.2) is 97.7 Å². The molecular weight excluding hydrogens is 520 g/mol. The van der Waals surface area contributed by atoms with Crippen LogP contribution in [0.3, 0.4) is 0 Å². The van der Waals surface area contributed by atoms with E-state index in [0.717, 1.165) is 27.8 Å². The average molecular weight is 547 g/mol. The first-order chi connectivity index (χ1) is 20.1. The largest absolute Gasteiger partial charge is 0.445 e. The number of nitrogens with two attached hydrogens (primary N) is 1. The van der Waals surface area contributed by atoms with Crippen LogP contribution >= 0.6 is 0 Å². The van der Waals surface area contributed by atoms with Gasteiger partial charge in [-0.3, -0.25) is 9.78 Å². The Morgan fingerprint density at radius 3 is 2.44 bits per heavy atom. The van der Waals surface area contributed by atoms with E-state index in [0.29, 0.717) is 24.3 Å². The summed E-state index contributed by atoms with van der Waals surface area (Å²) < 4.78 is 5.23. The van der Waals surface area contributed by atoms with E-state index < -0.39 is 12.0 Å². The van der Waals surface area contributed by atoms with Gasteiger partial charge in [0.2, 0.25) is 0 Å². The number of rotatable bonds is 9. The minimum Gasteiger partial charge on any atom is -0.445 e. The number of anilines is 2. The first-order valence-corrected chi connectivity index (χ1v) is 12.8. The molecule has 0 aliphatic carbocycles. The second-order valence-electron chi connectivity index (χ2n) is 8.93. The number of ether oxygens (including phenoxy) is 1. The van der Waals surface area contributed by atoms with Gasteiger partial charge in [0.05, 0.1) is 36.2 Å². The second kappa shape index (κ2) is 12.9. The van der Waals surface area contributed by atoms with Crippen molar-refractivity contribution < 1.29 is 14.3 Å². The van der Waals surface area contributed by atoms with Gasteiger partial charge in [0, 0.05) is 29.4 Å². The minimum absolute atomic E-state index is 0.00381. The Bertz CT molecular complexity index is 1630. The van der Waals surface area contributed by atoms with Crippen LogP contribution in [0.5, 0.6) is 0 Å². The first-order valence-electron chi connectivity index (χ1n) is 12.8. The molecule has 11 nitrogen and oxygen atoms in total. The SMILES string of the molecule is Nc1ncc(-c2ccc(CCNC(=O)OCc3ccccc3)cc2)nc1C(=O)Nc1cnccc1-c1ccnnc1. The van der Waals surface area contributed by atoms with Crippen molar-refractivity contribution in [3.63, 3.8) is 0 Å². The van der Waals surface area contributed by atoms with Gasteiger partial charge < -0.3 is 21.1 Å². The van der Waals surface area contributed by atoms with Gasteiger partial charge in [-0.1, -0.05) is 54.6 Å². The van der Waals surface area contributed by atoms with Crippen LogP contribution in [0.25, 0.3) is 22.4 Å². The fourth-order valence-electron chi connectivity index (χ4n) is 4.01. The molecule has 0 unspecified atom stereocenters. The smallest absolute Gasteiger partial charge is 0.407 e. The van der Waals surface area contributed by atoms with Gasteiger partial charge in [-0.25, -0.2) is 14.8 Å². The van der Waals surface area contributed by atoms with Crippen molar-refractivity contribution >= 4 is 23.5 Å². The zero-order valence-corrected chi connectivity index (χ0v) is 21.9. The van der Waals surface area contributed by atoms with Crippen molar-refractivity contribution in [3.8, 4) is 22.4 Å². The summed E-state index contributed by atoms with van der Waals surface area (Å²) in [5.41, 5.74) is 11.2. The van der Waals surface area contributed by atoms with E-state index in [-0.39, 0.29) is 18.1 Å². The number of pyridine rings is 1. The monoisotopic (exact) mass is 546 g/mol. The summed E-state index contributed by atoms with van der Waals surface area (Å²) in [7, 11) is 0. The van der Waals surface area contributed by atoms with Crippen molar-refractivity contribution in [3.05, 3.63) is 115 Å². The number of amides is 2. The third-order valence-corrected chi connectivity index (χ3v) is 6.13. The molecule has 5 rings (SSSR count). The Morgan fingerprint density at radius 1 is 0.829 bits per heavy atom. The molecule has 0 radical (unpaired) electrons. The number of nitrogens with one attached hydrogen (secondary N) is 2. The van der Waals surface area contributed by atoms with E-state index in [1.165, 1.54) is 12.4 Å². The molecule has 3 heterocycles. The van der Waals surface area contributed by atoms with Crippen molar-refractivity contribution in [2.45, 2.75) is 13.0 Å². The Balaban J connectivity index is 1.20. The van der Waals surface area contributed by atoms with Gasteiger partial charge in [-0.15, -0.1) is 0 Å². The predicted octanol–water partition coefficient (Wildman–Crippen LogP) is 4.30. The second-order valence-corrected chi connectivity index (χ2v) is 8.93. The van der Waals surface area contributed by atoms with E-state index >= 15 is 0 Å². The third-order valence-electron chi connectivity index (χ3n) is 6.13. The number of nitrogen functional groups attached to an aromatic ring is 1. The molecule has 0 saturated carbocycles. The van der Waals surface area contributed by atoms with Gasteiger partial charge in [0.25, 0.3) is 5.91 Å². The fourth-order valence-corrected chi connectivity index (χ4v) is 4.01. The fraction of sp³-hybridized carbons (Fsp3) is 0.100. The van der Waals surface area contributed by atoms with Crippen LogP contribution in [-0.2, 0) is 17.8 Å². The van der Waals surface area contributed by atoms with Crippen molar-refractivity contribution in [1.29, 1.82) is 0 Å². The van der Waals surface area contributed by atoms with Crippen LogP contribution in [0.4, 0.5) is 16.3 Å². The van der Waals surface area contributed by atoms with Gasteiger partial charge >= 0.3 is 6.09 Å². The highest BCUT2D eigenvalue weighted by molar-refractivity contribution is 6.07. The third kappa shape index (κ3) is 7.03. The van der Waals surface area contributed by atoms with Crippen LogP contribution in [-0.4, -0.2) is 43.7 Å². The van der Waals surface area contributed by atoms with Crippen molar-refractivity contribution in [1.82, 2.24) is 30.5 Å². The minimum atomic E-state index is -0.519. The number of carbonyl (C=O) groups is 2. The maximum absolute atomic E-state index is 13.2. The Kier molecular flexibility index (Phi) is 8.45. The van der Waals surface area contributed by atoms with Gasteiger partial charge in [-0.2, -0.15) is 10.2 Å². The van der Waals surface area contributed by atoms with E-state index in [1.54, 1.807) is 30.7 Å². The standard InChI is InChI=1S/C30H26N8O3/c31-28-27(29(39)38-26-17-32-13-12-24(26)23-11-15-35-36-16-23)37-25(18-34-28)22-8-6-20(7-9-22)10-14-33-30(40)41-19-21-4-2-1-3-5-21/h1-9,11-13,15-18H,10,14,19H2,(H2,31,34)(H,33,40)(H,38,39). The van der Waals surface area contributed by atoms with E-state index in [4.69, 9.17) is 10.5 Å². The highest BCUT2D eigenvalue weighted by Crippen LogP contribution is 2.27. The molecule has 0 aliphatic rings. The molecule has 0 fully saturated rings. The molecule has 2 aromatic carbocycles. The maximum Gasteiger partial charge on any atom is 0.407 e. The average Bonchev–Trinajstić information content (AvgIpc) is 3.02. The Hall–Kier alpha value is -5.71. The molecule has 0 saturated heterocycles. The number of carbonyl (C=O) groups excluding carboxylic acids is 2. The summed E-state index contributed by atoms with van der Waals surface area (Å²) in [5, 5.41) is 13.3. The molecule has 0 aliphatic heterocycles. The van der Waals surface area contributed by atoms with Crippen LogP contribution in [0.1, 0.15) is 21.6 Å². The Morgan fingerprint density at radius 2 is 1.66 bits per heavy atom. The highest BCUT2D eigenvalue weighted by atomic mass is 16.5. The number of nitrogens with zero attached hydrogens (tertiary/aromatic N) is 5. The van der Waals surface area contributed by atoms with Gasteiger partial charge in [0.15, 0.2) is 11.5 Å². The summed E-state index contributed by atoms with van der Waals surface area (Å²) in [6.45, 7) is 0.639. The summed E-state index contributed by atoms with van der Waals surface area (Å²) >= 11 is 0. The van der Waals surface area contributed by atoms with Crippen LogP contribution in [0, 0.1) is 0 Å². The maximum atomic E-state index is 13.2. The zero-order chi connectivity index (χ0) is 28.4. The molecule has 41 heavy (non-hydrogen) atoms. The van der Waals surface area contributed by atoms with Gasteiger partial charge in [0.1, 0.15) is 6.61 Å². The number of aromatic nitrogens is 5. The first kappa shape index (κ1) is 26.9. The van der Waals surface area contributed by atoms with E-state index in [2.05, 4.69) is 35.8 Å². The lowest BCUT2D eigenvalue weighted by atomic mass is 10.1. The topological polar surface area (TPSA) is 158 Å². The molecule has 204 valence electrons. The van der Waals surface area contributed by atoms with E-state index in [1.807, 2.05) is 54.6 Å². The molecule has 0 bridgehead atoms. The van der Waals surface area contributed by atoms with Crippen molar-refractivity contribution in [2.75, 3.05) is 17.6 Å². The predicted molar refractivity (Wildman–Crippen MR) is 153 cm³/mol. The molecule has 5 aromatic rings. The Labute approximate surface area is 235 Å². The summed E-state index contributed by atoms with van der Waals surface area (Å²) in [6.07, 6.45) is 7.99. The molecule has 2 amide bonds. The zero-order valence-electron chi connectivity index (χ0n) is 21.9.